The summed E-state index contributed by atoms with van der Waals surface area (Å²) in [5.74, 6) is 1.01. The lowest BCUT2D eigenvalue weighted by Gasteiger charge is -2.12. The average Bonchev–Trinajstić information content (AvgIpc) is 2.89. The molecule has 0 saturated carbocycles. The Balaban J connectivity index is 1.92. The molecule has 0 saturated heterocycles. The molecule has 0 spiro atoms. The molecule has 0 unspecified atom stereocenters. The van der Waals surface area contributed by atoms with E-state index in [0.29, 0.717) is 6.54 Å². The van der Waals surface area contributed by atoms with Crippen LogP contribution in [0.5, 0.6) is 5.75 Å². The van der Waals surface area contributed by atoms with E-state index in [4.69, 9.17) is 4.74 Å². The van der Waals surface area contributed by atoms with Crippen LogP contribution in [0.4, 0.5) is 0 Å². The first-order valence-corrected chi connectivity index (χ1v) is 8.31. The Morgan fingerprint density at radius 2 is 1.92 bits per heavy atom. The number of carbonyl (C=O) groups excluding carboxylic acids is 1. The van der Waals surface area contributed by atoms with Crippen LogP contribution in [0.25, 0.3) is 0 Å². The van der Waals surface area contributed by atoms with Gasteiger partial charge in [0.1, 0.15) is 5.75 Å². The molecule has 1 aromatic heterocycles. The Morgan fingerprint density at radius 3 is 2.58 bits per heavy atom. The number of Topliss-reactive ketones (excluding diaryl/α,β-unsaturated/α-hetero) is 1. The Labute approximate surface area is 143 Å². The van der Waals surface area contributed by atoms with Crippen LogP contribution in [0.3, 0.4) is 0 Å². The third-order valence-electron chi connectivity index (χ3n) is 4.37. The van der Waals surface area contributed by atoms with Crippen LogP contribution in [-0.4, -0.2) is 36.5 Å². The Hall–Kier alpha value is -2.49. The van der Waals surface area contributed by atoms with Crippen molar-refractivity contribution < 1.29 is 9.53 Å². The van der Waals surface area contributed by atoms with E-state index >= 15 is 0 Å². The minimum absolute atomic E-state index is 0.162. The highest BCUT2D eigenvalue weighted by atomic mass is 16.5. The highest BCUT2D eigenvalue weighted by molar-refractivity contribution is 6.09. The van der Waals surface area contributed by atoms with E-state index < -0.39 is 0 Å². The molecule has 1 aliphatic rings. The number of ether oxygens (including phenoxy) is 1. The molecule has 1 heterocycles. The van der Waals surface area contributed by atoms with Gasteiger partial charge in [-0.2, -0.15) is 0 Å². The number of fused-ring (bicyclic) bond motifs is 1. The number of hydrogen-bond acceptors (Lipinski definition) is 3. The maximum Gasteiger partial charge on any atom is 0.207 e. The minimum Gasteiger partial charge on any atom is -0.497 e. The van der Waals surface area contributed by atoms with Gasteiger partial charge in [0.15, 0.2) is 0 Å². The third kappa shape index (κ3) is 3.37. The van der Waals surface area contributed by atoms with E-state index in [0.717, 1.165) is 47.4 Å². The molecule has 4 nitrogen and oxygen atoms in total. The number of rotatable bonds is 4. The molecule has 0 fully saturated rings. The monoisotopic (exact) mass is 324 g/mol. The van der Waals surface area contributed by atoms with Gasteiger partial charge in [0, 0.05) is 38.6 Å². The van der Waals surface area contributed by atoms with E-state index in [1.807, 2.05) is 55.7 Å². The van der Waals surface area contributed by atoms with Crippen molar-refractivity contribution in [3.63, 3.8) is 0 Å². The van der Waals surface area contributed by atoms with Gasteiger partial charge in [0.25, 0.3) is 0 Å². The van der Waals surface area contributed by atoms with Crippen LogP contribution in [0.2, 0.25) is 0 Å². The van der Waals surface area contributed by atoms with Crippen LogP contribution in [0, 0.1) is 0 Å². The van der Waals surface area contributed by atoms with Crippen molar-refractivity contribution in [2.75, 3.05) is 21.2 Å². The van der Waals surface area contributed by atoms with E-state index in [1.54, 1.807) is 7.11 Å². The van der Waals surface area contributed by atoms with Crippen molar-refractivity contribution >= 4 is 5.78 Å². The third-order valence-corrected chi connectivity index (χ3v) is 4.37. The molecule has 0 atom stereocenters. The fraction of sp³-hybridized carbons (Fsp3) is 0.350. The molecular formula is C20H24N2O2. The van der Waals surface area contributed by atoms with Gasteiger partial charge in [-0.25, -0.2) is 0 Å². The first-order valence-electron chi connectivity index (χ1n) is 8.31. The van der Waals surface area contributed by atoms with Crippen LogP contribution in [0.1, 0.15) is 34.5 Å². The molecular weight excluding hydrogens is 300 g/mol. The predicted octanol–water partition coefficient (Wildman–Crippen LogP) is 3.51. The summed E-state index contributed by atoms with van der Waals surface area (Å²) in [5.41, 5.74) is 4.06. The lowest BCUT2D eigenvalue weighted by molar-refractivity contribution is 0.102. The van der Waals surface area contributed by atoms with Crippen molar-refractivity contribution in [1.29, 1.82) is 0 Å². The summed E-state index contributed by atoms with van der Waals surface area (Å²) in [4.78, 5) is 15.0. The number of benzene rings is 1. The molecule has 2 aromatic rings. The first kappa shape index (κ1) is 16.4. The molecule has 1 aliphatic carbocycles. The largest absolute Gasteiger partial charge is 0.497 e. The maximum atomic E-state index is 13.0. The smallest absolute Gasteiger partial charge is 0.207 e. The normalized spacial score (nSPS) is 16.0. The standard InChI is InChI=1S/C20H24N2O2/c1-21(2)14-17-6-4-5-16-11-12-22(19(16)20(17)23)13-15-7-9-18(24-3)10-8-15/h7-12,14H,4-6,13H2,1-3H3. The highest BCUT2D eigenvalue weighted by Crippen LogP contribution is 2.26. The molecule has 0 bridgehead atoms. The quantitative estimate of drug-likeness (QED) is 0.637. The van der Waals surface area contributed by atoms with Gasteiger partial charge in [-0.1, -0.05) is 12.1 Å². The van der Waals surface area contributed by atoms with Gasteiger partial charge in [0.2, 0.25) is 5.78 Å². The zero-order valence-corrected chi connectivity index (χ0v) is 14.6. The first-order chi connectivity index (χ1) is 11.6. The number of allylic oxidation sites excluding steroid dienone is 1. The Morgan fingerprint density at radius 1 is 1.17 bits per heavy atom. The second-order valence-electron chi connectivity index (χ2n) is 6.47. The molecule has 0 radical (unpaired) electrons. The average molecular weight is 324 g/mol. The van der Waals surface area contributed by atoms with E-state index in [1.165, 1.54) is 0 Å². The van der Waals surface area contributed by atoms with E-state index in [-0.39, 0.29) is 5.78 Å². The summed E-state index contributed by atoms with van der Waals surface area (Å²) in [6.07, 6.45) is 6.81. The lowest BCUT2D eigenvalue weighted by Crippen LogP contribution is -2.14. The molecule has 0 amide bonds. The molecule has 1 aromatic carbocycles. The van der Waals surface area contributed by atoms with Crippen LogP contribution in [-0.2, 0) is 13.0 Å². The van der Waals surface area contributed by atoms with Crippen molar-refractivity contribution in [2.45, 2.75) is 25.8 Å². The summed E-state index contributed by atoms with van der Waals surface area (Å²) in [5, 5.41) is 0. The second kappa shape index (κ2) is 6.95. The number of methoxy groups -OCH3 is 1. The molecule has 3 rings (SSSR count). The molecule has 126 valence electrons. The maximum absolute atomic E-state index is 13.0. The number of aromatic nitrogens is 1. The van der Waals surface area contributed by atoms with Gasteiger partial charge in [0.05, 0.1) is 12.8 Å². The fourth-order valence-corrected chi connectivity index (χ4v) is 3.23. The fourth-order valence-electron chi connectivity index (χ4n) is 3.23. The lowest BCUT2D eigenvalue weighted by atomic mass is 10.1. The molecule has 0 aliphatic heterocycles. The van der Waals surface area contributed by atoms with Gasteiger partial charge < -0.3 is 14.2 Å². The zero-order chi connectivity index (χ0) is 17.1. The van der Waals surface area contributed by atoms with Gasteiger partial charge in [-0.05, 0) is 48.6 Å². The van der Waals surface area contributed by atoms with Crippen molar-refractivity contribution in [1.82, 2.24) is 9.47 Å². The number of nitrogens with zero attached hydrogens (tertiary/aromatic N) is 2. The summed E-state index contributed by atoms with van der Waals surface area (Å²) in [7, 11) is 5.59. The van der Waals surface area contributed by atoms with Gasteiger partial charge >= 0.3 is 0 Å². The summed E-state index contributed by atoms with van der Waals surface area (Å²) >= 11 is 0. The molecule has 4 heteroatoms. The van der Waals surface area contributed by atoms with Crippen LogP contribution in [0.15, 0.2) is 48.3 Å². The highest BCUT2D eigenvalue weighted by Gasteiger charge is 2.24. The second-order valence-corrected chi connectivity index (χ2v) is 6.47. The molecule has 0 N–H and O–H groups in total. The van der Waals surface area contributed by atoms with Crippen LogP contribution >= 0.6 is 0 Å². The number of hydrogen-bond donors (Lipinski definition) is 0. The SMILES string of the molecule is COc1ccc(Cn2ccc3c2C(=O)C(=CN(C)C)CCC3)cc1. The van der Waals surface area contributed by atoms with Crippen LogP contribution < -0.4 is 4.74 Å². The van der Waals surface area contributed by atoms with Gasteiger partial charge in [-0.3, -0.25) is 4.79 Å². The number of ketones is 1. The van der Waals surface area contributed by atoms with Crippen molar-refractivity contribution in [2.24, 2.45) is 0 Å². The summed E-state index contributed by atoms with van der Waals surface area (Å²) < 4.78 is 7.28. The Bertz CT molecular complexity index is 754. The van der Waals surface area contributed by atoms with Crippen molar-refractivity contribution in [3.8, 4) is 5.75 Å². The van der Waals surface area contributed by atoms with Crippen molar-refractivity contribution in [3.05, 3.63) is 65.1 Å². The molecule has 24 heavy (non-hydrogen) atoms. The predicted molar refractivity (Wildman–Crippen MR) is 95.6 cm³/mol. The zero-order valence-electron chi connectivity index (χ0n) is 14.6. The van der Waals surface area contributed by atoms with E-state index in [9.17, 15) is 4.79 Å². The Kier molecular flexibility index (Phi) is 4.74. The van der Waals surface area contributed by atoms with E-state index in [2.05, 4.69) is 10.6 Å². The minimum atomic E-state index is 0.162. The van der Waals surface area contributed by atoms with Gasteiger partial charge in [-0.15, -0.1) is 0 Å². The topological polar surface area (TPSA) is 34.5 Å². The summed E-state index contributed by atoms with van der Waals surface area (Å²) in [6, 6.07) is 10.1. The summed E-state index contributed by atoms with van der Waals surface area (Å²) in [6.45, 7) is 0.695. The number of aryl methyl sites for hydroxylation is 1. The number of carbonyl (C=O) groups is 1.